The van der Waals surface area contributed by atoms with Gasteiger partial charge in [0.05, 0.1) is 5.39 Å². The van der Waals surface area contributed by atoms with E-state index >= 15 is 0 Å². The van der Waals surface area contributed by atoms with Crippen LogP contribution < -0.4 is 10.5 Å². The first-order valence-corrected chi connectivity index (χ1v) is 5.75. The summed E-state index contributed by atoms with van der Waals surface area (Å²) in [5, 5.41) is 30.3. The average Bonchev–Trinajstić information content (AvgIpc) is 2.65. The van der Waals surface area contributed by atoms with E-state index in [1.807, 2.05) is 0 Å². The number of aryl methyl sites for hydroxylation is 2. The normalized spacial score (nSPS) is 9.80. The van der Waals surface area contributed by atoms with Gasteiger partial charge in [-0.3, -0.25) is 4.79 Å². The van der Waals surface area contributed by atoms with Crippen LogP contribution in [0.15, 0.2) is 26.9 Å². The lowest BCUT2D eigenvalue weighted by Gasteiger charge is -2.08. The molecule has 1 aromatic carbocycles. The third-order valence-electron chi connectivity index (χ3n) is 2.95. The van der Waals surface area contributed by atoms with Crippen LogP contribution in [-0.4, -0.2) is 0 Å². The fraction of sp³-hybridized carbons (Fsp3) is 0.133. The molecule has 1 heterocycles. The fourth-order valence-corrected chi connectivity index (χ4v) is 2.08. The van der Waals surface area contributed by atoms with Crippen LogP contribution in [0.5, 0.6) is 5.75 Å². The van der Waals surface area contributed by atoms with Gasteiger partial charge in [0.15, 0.2) is 5.43 Å². The molecule has 0 atom stereocenters. The number of nitriles is 2. The molecule has 0 spiro atoms. The smallest absolute Gasteiger partial charge is 0.189 e. The van der Waals surface area contributed by atoms with Crippen molar-refractivity contribution in [2.24, 2.45) is 0 Å². The summed E-state index contributed by atoms with van der Waals surface area (Å²) < 4.78 is 5.33. The number of allylic oxidation sites excluding steroid dienone is 1. The Bertz CT molecular complexity index is 861. The molecule has 0 unspecified atom stereocenters. The van der Waals surface area contributed by atoms with Crippen molar-refractivity contribution in [3.8, 4) is 17.9 Å². The molecule has 0 aliphatic carbocycles. The molecule has 0 radical (unpaired) electrons. The number of hydrogen-bond donors (Lipinski definition) is 0. The number of nitrogens with zero attached hydrogens (tertiary/aromatic N) is 2. The molecule has 0 fully saturated rings. The van der Waals surface area contributed by atoms with E-state index in [0.29, 0.717) is 11.5 Å². The largest absolute Gasteiger partial charge is 0.872 e. The minimum absolute atomic E-state index is 0.110. The molecule has 98 valence electrons. The van der Waals surface area contributed by atoms with Crippen LogP contribution in [0.2, 0.25) is 0 Å². The lowest BCUT2D eigenvalue weighted by atomic mass is 10.1. The lowest BCUT2D eigenvalue weighted by Crippen LogP contribution is -1.96. The van der Waals surface area contributed by atoms with Gasteiger partial charge in [-0.25, -0.2) is 0 Å². The fourth-order valence-electron chi connectivity index (χ4n) is 2.08. The highest BCUT2D eigenvalue weighted by molar-refractivity contribution is 5.93. The maximum Gasteiger partial charge on any atom is 0.189 e. The van der Waals surface area contributed by atoms with Crippen molar-refractivity contribution in [2.75, 3.05) is 0 Å². The number of rotatable bonds is 1. The van der Waals surface area contributed by atoms with Crippen molar-refractivity contribution in [1.29, 1.82) is 10.5 Å². The monoisotopic (exact) mass is 265 g/mol. The Hall–Kier alpha value is -3.05. The Morgan fingerprint density at radius 2 is 1.80 bits per heavy atom. The van der Waals surface area contributed by atoms with Crippen LogP contribution in [0.25, 0.3) is 16.8 Å². The van der Waals surface area contributed by atoms with Crippen molar-refractivity contribution in [1.82, 2.24) is 0 Å². The van der Waals surface area contributed by atoms with E-state index in [4.69, 9.17) is 14.9 Å². The second-order valence-electron chi connectivity index (χ2n) is 4.23. The maximum absolute atomic E-state index is 12.4. The van der Waals surface area contributed by atoms with Gasteiger partial charge in [-0.15, -0.1) is 0 Å². The molecule has 5 nitrogen and oxygen atoms in total. The van der Waals surface area contributed by atoms with E-state index in [0.717, 1.165) is 0 Å². The van der Waals surface area contributed by atoms with Crippen molar-refractivity contribution in [2.45, 2.75) is 13.8 Å². The molecule has 0 saturated carbocycles. The molecule has 0 aliphatic rings. The first kappa shape index (κ1) is 13.4. The number of hydrogen-bond acceptors (Lipinski definition) is 5. The summed E-state index contributed by atoms with van der Waals surface area (Å²) in [6, 6.07) is 5.92. The maximum atomic E-state index is 12.4. The minimum Gasteiger partial charge on any atom is -0.872 e. The molecule has 0 aliphatic heterocycles. The van der Waals surface area contributed by atoms with Gasteiger partial charge in [0.2, 0.25) is 0 Å². The van der Waals surface area contributed by atoms with Crippen molar-refractivity contribution >= 4 is 16.8 Å². The lowest BCUT2D eigenvalue weighted by molar-refractivity contribution is -0.266. The van der Waals surface area contributed by atoms with Gasteiger partial charge in [-0.05, 0) is 31.6 Å². The Balaban J connectivity index is 2.97. The Kier molecular flexibility index (Phi) is 3.28. The molecule has 2 rings (SSSR count). The van der Waals surface area contributed by atoms with E-state index in [2.05, 4.69) is 0 Å². The van der Waals surface area contributed by atoms with Gasteiger partial charge in [0.1, 0.15) is 29.2 Å². The summed E-state index contributed by atoms with van der Waals surface area (Å²) in [5.41, 5.74) is -0.424. The molecule has 0 bridgehead atoms. The second kappa shape index (κ2) is 4.91. The van der Waals surface area contributed by atoms with Gasteiger partial charge in [0.25, 0.3) is 0 Å². The molecular weight excluding hydrogens is 256 g/mol. The third-order valence-corrected chi connectivity index (χ3v) is 2.95. The highest BCUT2D eigenvalue weighted by Gasteiger charge is 2.11. The van der Waals surface area contributed by atoms with Gasteiger partial charge < -0.3 is 9.52 Å². The summed E-state index contributed by atoms with van der Waals surface area (Å²) in [5.74, 6) is 0.298. The average molecular weight is 265 g/mol. The third kappa shape index (κ3) is 2.02. The Labute approximate surface area is 114 Å². The van der Waals surface area contributed by atoms with Gasteiger partial charge in [-0.2, -0.15) is 10.5 Å². The van der Waals surface area contributed by atoms with E-state index in [-0.39, 0.29) is 27.3 Å². The van der Waals surface area contributed by atoms with E-state index in [1.54, 1.807) is 26.0 Å². The highest BCUT2D eigenvalue weighted by atomic mass is 16.3. The number of fused-ring (bicyclic) bond motifs is 1. The van der Waals surface area contributed by atoms with Crippen LogP contribution in [0, 0.1) is 36.5 Å². The summed E-state index contributed by atoms with van der Waals surface area (Å²) in [6.07, 6.45) is 1.17. The highest BCUT2D eigenvalue weighted by Crippen LogP contribution is 2.30. The first-order chi connectivity index (χ1) is 9.49. The molecule has 1 aromatic heterocycles. The summed E-state index contributed by atoms with van der Waals surface area (Å²) in [6.45, 7) is 3.21. The SMILES string of the molecule is Cc1oc(C)c2c(=O)ccc(C=C(C#N)C#N)c([O-])c12. The molecule has 0 amide bonds. The van der Waals surface area contributed by atoms with Gasteiger partial charge in [0, 0.05) is 5.39 Å². The summed E-state index contributed by atoms with van der Waals surface area (Å²) >= 11 is 0. The van der Waals surface area contributed by atoms with Gasteiger partial charge >= 0.3 is 0 Å². The number of furan rings is 1. The van der Waals surface area contributed by atoms with Crippen molar-refractivity contribution in [3.05, 3.63) is 45.0 Å². The van der Waals surface area contributed by atoms with Crippen molar-refractivity contribution < 1.29 is 9.52 Å². The molecule has 2 aromatic rings. The predicted molar refractivity (Wildman–Crippen MR) is 70.6 cm³/mol. The molecule has 0 N–H and O–H groups in total. The summed E-state index contributed by atoms with van der Waals surface area (Å²) in [7, 11) is 0. The predicted octanol–water partition coefficient (Wildman–Crippen LogP) is 1.91. The van der Waals surface area contributed by atoms with E-state index in [9.17, 15) is 9.90 Å². The quantitative estimate of drug-likeness (QED) is 0.733. The van der Waals surface area contributed by atoms with Crippen LogP contribution in [-0.2, 0) is 0 Å². The Morgan fingerprint density at radius 3 is 2.40 bits per heavy atom. The Morgan fingerprint density at radius 1 is 1.20 bits per heavy atom. The topological polar surface area (TPSA) is 101 Å². The standard InChI is InChI=1S/C15H10N2O3/c1-8-13-12(18)4-3-11(5-10(6-16)7-17)15(19)14(13)9(2)20-8/h3-5,19H,1-2H3/p-1. The zero-order chi connectivity index (χ0) is 14.9. The van der Waals surface area contributed by atoms with E-state index in [1.165, 1.54) is 18.2 Å². The van der Waals surface area contributed by atoms with Crippen LogP contribution in [0.3, 0.4) is 0 Å². The van der Waals surface area contributed by atoms with Gasteiger partial charge in [-0.1, -0.05) is 11.8 Å². The minimum atomic E-state index is -0.431. The van der Waals surface area contributed by atoms with Crippen LogP contribution >= 0.6 is 0 Å². The van der Waals surface area contributed by atoms with Crippen molar-refractivity contribution in [3.63, 3.8) is 0 Å². The zero-order valence-electron chi connectivity index (χ0n) is 10.9. The molecule has 5 heteroatoms. The second-order valence-corrected chi connectivity index (χ2v) is 4.23. The molecule has 20 heavy (non-hydrogen) atoms. The van der Waals surface area contributed by atoms with Crippen LogP contribution in [0.4, 0.5) is 0 Å². The summed E-state index contributed by atoms with van der Waals surface area (Å²) in [4.78, 5) is 12.0. The molecular formula is C15H9N2O3-. The van der Waals surface area contributed by atoms with Crippen LogP contribution in [0.1, 0.15) is 17.1 Å². The first-order valence-electron chi connectivity index (χ1n) is 5.75. The zero-order valence-corrected chi connectivity index (χ0v) is 10.9. The molecule has 0 saturated heterocycles. The van der Waals surface area contributed by atoms with E-state index < -0.39 is 5.75 Å².